The predicted molar refractivity (Wildman–Crippen MR) is 129 cm³/mol. The molecule has 1 heterocycles. The maximum Gasteiger partial charge on any atom is 0.327 e. The van der Waals surface area contributed by atoms with Gasteiger partial charge in [-0.2, -0.15) is 0 Å². The molecule has 174 valence electrons. The number of anilines is 3. The number of rotatable bonds is 6. The molecule has 0 atom stereocenters. The summed E-state index contributed by atoms with van der Waals surface area (Å²) in [5.74, 6) is -0.495. The first-order chi connectivity index (χ1) is 15.8. The van der Waals surface area contributed by atoms with E-state index in [2.05, 4.69) is 5.32 Å². The molecule has 1 N–H and O–H groups in total. The van der Waals surface area contributed by atoms with Crippen LogP contribution >= 0.6 is 0 Å². The Morgan fingerprint density at radius 3 is 2.18 bits per heavy atom. The number of carbonyl (C=O) groups excluding carboxylic acids is 3. The highest BCUT2D eigenvalue weighted by molar-refractivity contribution is 6.10. The molecule has 7 heteroatoms. The van der Waals surface area contributed by atoms with E-state index < -0.39 is 5.54 Å². The number of hydrogen-bond donors (Lipinski definition) is 1. The lowest BCUT2D eigenvalue weighted by atomic mass is 9.81. The van der Waals surface area contributed by atoms with Gasteiger partial charge < -0.3 is 15.1 Å². The van der Waals surface area contributed by atoms with Crippen LogP contribution in [0.5, 0.6) is 0 Å². The number of para-hydroxylation sites is 1. The Labute approximate surface area is 195 Å². The fourth-order valence-electron chi connectivity index (χ4n) is 5.01. The van der Waals surface area contributed by atoms with Gasteiger partial charge in [0.15, 0.2) is 0 Å². The van der Waals surface area contributed by atoms with E-state index in [1.54, 1.807) is 16.8 Å². The Bertz CT molecular complexity index is 1010. The monoisotopic (exact) mass is 448 g/mol. The predicted octanol–water partition coefficient (Wildman–Crippen LogP) is 4.77. The molecule has 4 rings (SSSR count). The zero-order chi connectivity index (χ0) is 23.6. The van der Waals surface area contributed by atoms with E-state index in [0.29, 0.717) is 12.8 Å². The summed E-state index contributed by atoms with van der Waals surface area (Å²) in [6.07, 6.45) is 4.26. The number of imide groups is 1. The fourth-order valence-corrected chi connectivity index (χ4v) is 5.01. The van der Waals surface area contributed by atoms with Crippen molar-refractivity contribution in [3.8, 4) is 0 Å². The van der Waals surface area contributed by atoms with Crippen LogP contribution in [0, 0.1) is 0 Å². The zero-order valence-electron chi connectivity index (χ0n) is 19.6. The summed E-state index contributed by atoms with van der Waals surface area (Å²) in [6, 6.07) is 17.0. The van der Waals surface area contributed by atoms with Gasteiger partial charge in [0.05, 0.1) is 0 Å². The van der Waals surface area contributed by atoms with Gasteiger partial charge in [-0.25, -0.2) is 4.79 Å². The molecule has 1 saturated heterocycles. The Hall–Kier alpha value is -3.35. The molecular formula is C26H32N4O3. The van der Waals surface area contributed by atoms with Gasteiger partial charge in [0, 0.05) is 30.2 Å². The van der Waals surface area contributed by atoms with Crippen molar-refractivity contribution in [1.82, 2.24) is 9.80 Å². The molecule has 1 saturated carbocycles. The van der Waals surface area contributed by atoms with Crippen LogP contribution in [0.3, 0.4) is 0 Å². The normalized spacial score (nSPS) is 17.7. The fraction of sp³-hybridized carbons (Fsp3) is 0.423. The highest BCUT2D eigenvalue weighted by atomic mass is 16.2. The van der Waals surface area contributed by atoms with Gasteiger partial charge in [0.25, 0.3) is 5.91 Å². The molecule has 7 nitrogen and oxygen atoms in total. The first kappa shape index (κ1) is 22.8. The van der Waals surface area contributed by atoms with E-state index >= 15 is 0 Å². The number of likely N-dealkylation sites (N-methyl/N-ethyl adjacent to an activating group) is 1. The molecule has 4 amide bonds. The third-order valence-electron chi connectivity index (χ3n) is 6.77. The average molecular weight is 449 g/mol. The lowest BCUT2D eigenvalue weighted by Gasteiger charge is -2.35. The molecule has 1 aliphatic heterocycles. The second-order valence-corrected chi connectivity index (χ2v) is 9.22. The Morgan fingerprint density at radius 1 is 0.970 bits per heavy atom. The van der Waals surface area contributed by atoms with Crippen LogP contribution in [0.15, 0.2) is 54.6 Å². The molecule has 1 spiro atoms. The van der Waals surface area contributed by atoms with Gasteiger partial charge in [-0.15, -0.1) is 0 Å². The van der Waals surface area contributed by atoms with Crippen molar-refractivity contribution in [2.24, 2.45) is 0 Å². The number of hydrogen-bond acceptors (Lipinski definition) is 4. The molecule has 0 unspecified atom stereocenters. The van der Waals surface area contributed by atoms with Crippen molar-refractivity contribution in [3.63, 3.8) is 0 Å². The minimum absolute atomic E-state index is 0.125. The van der Waals surface area contributed by atoms with Gasteiger partial charge in [0.1, 0.15) is 12.1 Å². The third kappa shape index (κ3) is 4.32. The number of carbonyl (C=O) groups is 3. The molecule has 33 heavy (non-hydrogen) atoms. The molecule has 0 aromatic heterocycles. The number of nitrogens with zero attached hydrogens (tertiary/aromatic N) is 3. The molecule has 2 fully saturated rings. The van der Waals surface area contributed by atoms with Crippen molar-refractivity contribution in [2.45, 2.75) is 57.5 Å². The molecule has 2 aromatic rings. The van der Waals surface area contributed by atoms with Gasteiger partial charge >= 0.3 is 6.03 Å². The molecule has 0 bridgehead atoms. The summed E-state index contributed by atoms with van der Waals surface area (Å²) in [7, 11) is 1.69. The van der Waals surface area contributed by atoms with Crippen LogP contribution in [-0.2, 0) is 9.59 Å². The van der Waals surface area contributed by atoms with Crippen molar-refractivity contribution in [1.29, 1.82) is 0 Å². The summed E-state index contributed by atoms with van der Waals surface area (Å²) in [6.45, 7) is 3.61. The summed E-state index contributed by atoms with van der Waals surface area (Å²) in [4.78, 5) is 43.9. The van der Waals surface area contributed by atoms with E-state index in [-0.39, 0.29) is 30.4 Å². The number of amides is 4. The van der Waals surface area contributed by atoms with Gasteiger partial charge in [-0.1, -0.05) is 37.5 Å². The van der Waals surface area contributed by atoms with Crippen molar-refractivity contribution >= 4 is 34.9 Å². The summed E-state index contributed by atoms with van der Waals surface area (Å²) in [5, 5.41) is 3.33. The van der Waals surface area contributed by atoms with Crippen LogP contribution in [0.4, 0.5) is 21.9 Å². The van der Waals surface area contributed by atoms with E-state index in [4.69, 9.17) is 0 Å². The zero-order valence-corrected chi connectivity index (χ0v) is 19.6. The first-order valence-electron chi connectivity index (χ1n) is 11.7. The highest BCUT2D eigenvalue weighted by Gasteiger charge is 2.56. The van der Waals surface area contributed by atoms with Crippen LogP contribution < -0.4 is 10.2 Å². The summed E-state index contributed by atoms with van der Waals surface area (Å²) < 4.78 is 0. The van der Waals surface area contributed by atoms with Crippen molar-refractivity contribution in [3.05, 3.63) is 54.6 Å². The van der Waals surface area contributed by atoms with E-state index in [1.165, 1.54) is 0 Å². The largest absolute Gasteiger partial charge is 0.356 e. The first-order valence-corrected chi connectivity index (χ1v) is 11.7. The second kappa shape index (κ2) is 9.25. The van der Waals surface area contributed by atoms with Crippen molar-refractivity contribution < 1.29 is 14.4 Å². The smallest absolute Gasteiger partial charge is 0.327 e. The minimum atomic E-state index is -0.775. The summed E-state index contributed by atoms with van der Waals surface area (Å²) >= 11 is 0. The summed E-state index contributed by atoms with van der Waals surface area (Å²) in [5.41, 5.74) is 1.84. The van der Waals surface area contributed by atoms with Gasteiger partial charge in [-0.3, -0.25) is 14.5 Å². The highest BCUT2D eigenvalue weighted by Crippen LogP contribution is 2.39. The molecule has 0 radical (unpaired) electrons. The van der Waals surface area contributed by atoms with Crippen LogP contribution in [-0.4, -0.2) is 52.8 Å². The standard InChI is InChI=1S/C26H32N4O3/c1-19(2)30(22-14-12-21(13-15-22)27-20-10-6-4-7-11-20)23(31)18-29-24(32)26(28(3)25(29)33)16-8-5-9-17-26/h4,6-7,10-15,19,27H,5,8-9,16-18H2,1-3H3. The second-order valence-electron chi connectivity index (χ2n) is 9.22. The van der Waals surface area contributed by atoms with E-state index in [0.717, 1.165) is 41.2 Å². The van der Waals surface area contributed by atoms with Crippen LogP contribution in [0.1, 0.15) is 46.0 Å². The number of benzene rings is 2. The lowest BCUT2D eigenvalue weighted by molar-refractivity contribution is -0.136. The third-order valence-corrected chi connectivity index (χ3v) is 6.77. The maximum atomic E-state index is 13.3. The van der Waals surface area contributed by atoms with Crippen LogP contribution in [0.25, 0.3) is 0 Å². The molecule has 1 aliphatic carbocycles. The van der Waals surface area contributed by atoms with Gasteiger partial charge in [0.2, 0.25) is 5.91 Å². The van der Waals surface area contributed by atoms with Crippen molar-refractivity contribution in [2.75, 3.05) is 23.8 Å². The molecule has 2 aliphatic rings. The Morgan fingerprint density at radius 2 is 1.58 bits per heavy atom. The van der Waals surface area contributed by atoms with Gasteiger partial charge in [-0.05, 0) is 63.1 Å². The lowest BCUT2D eigenvalue weighted by Crippen LogP contribution is -2.50. The molecular weight excluding hydrogens is 416 g/mol. The Balaban J connectivity index is 1.49. The van der Waals surface area contributed by atoms with E-state index in [9.17, 15) is 14.4 Å². The Kier molecular flexibility index (Phi) is 6.40. The SMILES string of the molecule is CC(C)N(C(=O)CN1C(=O)N(C)C2(CCCCC2)C1=O)c1ccc(Nc2ccccc2)cc1. The van der Waals surface area contributed by atoms with E-state index in [1.807, 2.05) is 68.4 Å². The number of nitrogens with one attached hydrogen (secondary N) is 1. The average Bonchev–Trinajstić information content (AvgIpc) is 2.98. The topological polar surface area (TPSA) is 73.0 Å². The quantitative estimate of drug-likeness (QED) is 0.646. The maximum absolute atomic E-state index is 13.3. The van der Waals surface area contributed by atoms with Crippen LogP contribution in [0.2, 0.25) is 0 Å². The number of urea groups is 1. The molecule has 2 aromatic carbocycles. The minimum Gasteiger partial charge on any atom is -0.356 e.